The topological polar surface area (TPSA) is 78.5 Å². The van der Waals surface area contributed by atoms with E-state index in [9.17, 15) is 14.4 Å². The standard InChI is InChI=1S/C21H21Cl2N3O3/c1-13-3-2-4-15(9-13)25-19(27)11-24-20(28)12-26(16-6-7-16)21(29)17-8-5-14(22)10-18(17)23/h2-5,8-10,16H,6-7,11-12H2,1H3,(H,24,28)(H,25,27). The quantitative estimate of drug-likeness (QED) is 0.698. The van der Waals surface area contributed by atoms with Gasteiger partial charge >= 0.3 is 0 Å². The van der Waals surface area contributed by atoms with Crippen LogP contribution in [0.2, 0.25) is 10.0 Å². The predicted octanol–water partition coefficient (Wildman–Crippen LogP) is 3.66. The van der Waals surface area contributed by atoms with Crippen LogP contribution in [-0.4, -0.2) is 41.8 Å². The Balaban J connectivity index is 1.56. The molecule has 1 aliphatic carbocycles. The van der Waals surface area contributed by atoms with E-state index in [1.54, 1.807) is 18.2 Å². The van der Waals surface area contributed by atoms with Crippen molar-refractivity contribution in [1.29, 1.82) is 0 Å². The fourth-order valence-electron chi connectivity index (χ4n) is 2.89. The fourth-order valence-corrected chi connectivity index (χ4v) is 3.38. The van der Waals surface area contributed by atoms with Crippen LogP contribution in [0.3, 0.4) is 0 Å². The summed E-state index contributed by atoms with van der Waals surface area (Å²) in [5.74, 6) is -1.07. The van der Waals surface area contributed by atoms with Gasteiger partial charge < -0.3 is 15.5 Å². The molecule has 2 aromatic rings. The van der Waals surface area contributed by atoms with Gasteiger partial charge in [0.25, 0.3) is 5.91 Å². The van der Waals surface area contributed by atoms with Crippen LogP contribution in [-0.2, 0) is 9.59 Å². The first-order valence-corrected chi connectivity index (χ1v) is 9.98. The molecule has 0 aliphatic heterocycles. The second-order valence-corrected chi connectivity index (χ2v) is 7.83. The van der Waals surface area contributed by atoms with Crippen LogP contribution in [0.25, 0.3) is 0 Å². The van der Waals surface area contributed by atoms with Gasteiger partial charge in [-0.2, -0.15) is 0 Å². The molecule has 0 saturated heterocycles. The van der Waals surface area contributed by atoms with E-state index < -0.39 is 5.91 Å². The molecular weight excluding hydrogens is 413 g/mol. The molecule has 3 amide bonds. The zero-order valence-corrected chi connectivity index (χ0v) is 17.4. The summed E-state index contributed by atoms with van der Waals surface area (Å²) in [4.78, 5) is 38.7. The normalized spacial score (nSPS) is 12.9. The minimum atomic E-state index is -0.408. The van der Waals surface area contributed by atoms with Gasteiger partial charge in [-0.25, -0.2) is 0 Å². The predicted molar refractivity (Wildman–Crippen MR) is 113 cm³/mol. The molecule has 1 aliphatic rings. The van der Waals surface area contributed by atoms with Gasteiger partial charge in [0.05, 0.1) is 17.1 Å². The number of nitrogens with zero attached hydrogens (tertiary/aromatic N) is 1. The molecule has 29 heavy (non-hydrogen) atoms. The largest absolute Gasteiger partial charge is 0.345 e. The molecule has 152 valence electrons. The molecule has 8 heteroatoms. The number of anilines is 1. The maximum absolute atomic E-state index is 12.8. The van der Waals surface area contributed by atoms with Gasteiger partial charge in [-0.3, -0.25) is 14.4 Å². The molecule has 0 atom stereocenters. The van der Waals surface area contributed by atoms with Crippen molar-refractivity contribution in [3.63, 3.8) is 0 Å². The number of hydrogen-bond donors (Lipinski definition) is 2. The Morgan fingerprint density at radius 1 is 1.07 bits per heavy atom. The molecule has 0 aromatic heterocycles. The summed E-state index contributed by atoms with van der Waals surface area (Å²) in [6, 6.07) is 12.0. The molecule has 0 unspecified atom stereocenters. The average Bonchev–Trinajstić information content (AvgIpc) is 3.49. The van der Waals surface area contributed by atoms with Crippen LogP contribution in [0.15, 0.2) is 42.5 Å². The number of carbonyl (C=O) groups excluding carboxylic acids is 3. The van der Waals surface area contributed by atoms with Gasteiger partial charge in [-0.05, 0) is 55.7 Å². The Kier molecular flexibility index (Phi) is 6.77. The zero-order valence-electron chi connectivity index (χ0n) is 15.9. The number of carbonyl (C=O) groups is 3. The summed E-state index contributed by atoms with van der Waals surface area (Å²) >= 11 is 12.0. The third kappa shape index (κ3) is 5.95. The second kappa shape index (κ2) is 9.29. The van der Waals surface area contributed by atoms with Crippen LogP contribution in [0.5, 0.6) is 0 Å². The summed E-state index contributed by atoms with van der Waals surface area (Å²) in [6.07, 6.45) is 1.66. The van der Waals surface area contributed by atoms with Crippen molar-refractivity contribution in [3.8, 4) is 0 Å². The first-order chi connectivity index (χ1) is 13.8. The van der Waals surface area contributed by atoms with Crippen molar-refractivity contribution in [2.45, 2.75) is 25.8 Å². The Morgan fingerprint density at radius 2 is 1.83 bits per heavy atom. The Bertz CT molecular complexity index is 945. The van der Waals surface area contributed by atoms with Crippen molar-refractivity contribution in [3.05, 3.63) is 63.6 Å². The third-order valence-electron chi connectivity index (χ3n) is 4.47. The third-order valence-corrected chi connectivity index (χ3v) is 5.02. The lowest BCUT2D eigenvalue weighted by Gasteiger charge is -2.22. The molecule has 0 bridgehead atoms. The van der Waals surface area contributed by atoms with E-state index in [-0.39, 0.29) is 36.0 Å². The van der Waals surface area contributed by atoms with Gasteiger partial charge in [0, 0.05) is 16.8 Å². The number of halogens is 2. The zero-order chi connectivity index (χ0) is 21.0. The van der Waals surface area contributed by atoms with Crippen molar-refractivity contribution >= 4 is 46.6 Å². The molecule has 1 fully saturated rings. The minimum absolute atomic E-state index is 0.00103. The highest BCUT2D eigenvalue weighted by atomic mass is 35.5. The summed E-state index contributed by atoms with van der Waals surface area (Å²) in [5.41, 5.74) is 1.98. The maximum Gasteiger partial charge on any atom is 0.256 e. The van der Waals surface area contributed by atoms with E-state index in [0.717, 1.165) is 18.4 Å². The van der Waals surface area contributed by atoms with Crippen LogP contribution in [0, 0.1) is 6.92 Å². The highest BCUT2D eigenvalue weighted by Gasteiger charge is 2.35. The number of hydrogen-bond acceptors (Lipinski definition) is 3. The van der Waals surface area contributed by atoms with Gasteiger partial charge in [0.15, 0.2) is 0 Å². The van der Waals surface area contributed by atoms with E-state index in [1.807, 2.05) is 25.1 Å². The smallest absolute Gasteiger partial charge is 0.256 e. The number of rotatable bonds is 7. The van der Waals surface area contributed by atoms with Gasteiger partial charge in [-0.1, -0.05) is 35.3 Å². The fraction of sp³-hybridized carbons (Fsp3) is 0.286. The summed E-state index contributed by atoms with van der Waals surface area (Å²) < 4.78 is 0. The lowest BCUT2D eigenvalue weighted by Crippen LogP contribution is -2.44. The Hall–Kier alpha value is -2.57. The first-order valence-electron chi connectivity index (χ1n) is 9.22. The monoisotopic (exact) mass is 433 g/mol. The highest BCUT2D eigenvalue weighted by Crippen LogP contribution is 2.30. The highest BCUT2D eigenvalue weighted by molar-refractivity contribution is 6.36. The molecule has 0 spiro atoms. The van der Waals surface area contributed by atoms with Gasteiger partial charge in [0.1, 0.15) is 6.54 Å². The number of aryl methyl sites for hydroxylation is 1. The number of benzene rings is 2. The molecule has 2 N–H and O–H groups in total. The lowest BCUT2D eigenvalue weighted by atomic mass is 10.2. The van der Waals surface area contributed by atoms with Crippen molar-refractivity contribution < 1.29 is 14.4 Å². The molecule has 0 heterocycles. The van der Waals surface area contributed by atoms with Crippen LogP contribution < -0.4 is 10.6 Å². The van der Waals surface area contributed by atoms with Crippen LogP contribution >= 0.6 is 23.2 Å². The minimum Gasteiger partial charge on any atom is -0.345 e. The van der Waals surface area contributed by atoms with E-state index in [2.05, 4.69) is 10.6 Å². The molecular formula is C21H21Cl2N3O3. The summed E-state index contributed by atoms with van der Waals surface area (Å²) in [7, 11) is 0. The second-order valence-electron chi connectivity index (χ2n) is 6.98. The molecule has 2 aromatic carbocycles. The van der Waals surface area contributed by atoms with Crippen LogP contribution in [0.1, 0.15) is 28.8 Å². The maximum atomic E-state index is 12.8. The van der Waals surface area contributed by atoms with Crippen LogP contribution in [0.4, 0.5) is 5.69 Å². The number of nitrogens with one attached hydrogen (secondary N) is 2. The van der Waals surface area contributed by atoms with Crippen molar-refractivity contribution in [2.24, 2.45) is 0 Å². The SMILES string of the molecule is Cc1cccc(NC(=O)CNC(=O)CN(C(=O)c2ccc(Cl)cc2Cl)C2CC2)c1. The van der Waals surface area contributed by atoms with Crippen molar-refractivity contribution in [2.75, 3.05) is 18.4 Å². The van der Waals surface area contributed by atoms with Crippen molar-refractivity contribution in [1.82, 2.24) is 10.2 Å². The Morgan fingerprint density at radius 3 is 2.48 bits per heavy atom. The lowest BCUT2D eigenvalue weighted by molar-refractivity contribution is -0.124. The Labute approximate surface area is 179 Å². The average molecular weight is 434 g/mol. The van der Waals surface area contributed by atoms with E-state index in [4.69, 9.17) is 23.2 Å². The molecule has 3 rings (SSSR count). The van der Waals surface area contributed by atoms with Gasteiger partial charge in [0.2, 0.25) is 11.8 Å². The molecule has 1 saturated carbocycles. The first kappa shape index (κ1) is 21.1. The summed E-state index contributed by atoms with van der Waals surface area (Å²) in [5, 5.41) is 5.96. The summed E-state index contributed by atoms with van der Waals surface area (Å²) in [6.45, 7) is 1.61. The van der Waals surface area contributed by atoms with E-state index >= 15 is 0 Å². The van der Waals surface area contributed by atoms with E-state index in [0.29, 0.717) is 16.3 Å². The van der Waals surface area contributed by atoms with E-state index in [1.165, 1.54) is 11.0 Å². The number of amides is 3. The molecule has 0 radical (unpaired) electrons. The van der Waals surface area contributed by atoms with Gasteiger partial charge in [-0.15, -0.1) is 0 Å². The molecule has 6 nitrogen and oxygen atoms in total.